The summed E-state index contributed by atoms with van der Waals surface area (Å²) >= 11 is 6.23. The minimum absolute atomic E-state index is 0.0737. The van der Waals surface area contributed by atoms with Crippen molar-refractivity contribution in [2.45, 2.75) is 24.7 Å². The van der Waals surface area contributed by atoms with Crippen molar-refractivity contribution in [3.63, 3.8) is 0 Å². The van der Waals surface area contributed by atoms with Gasteiger partial charge in [-0.25, -0.2) is 18.3 Å². The first-order valence-corrected chi connectivity index (χ1v) is 12.7. The lowest BCUT2D eigenvalue weighted by Gasteiger charge is -2.29. The van der Waals surface area contributed by atoms with Crippen LogP contribution in [0.4, 0.5) is 5.69 Å². The molecule has 0 spiro atoms. The van der Waals surface area contributed by atoms with Gasteiger partial charge in [0, 0.05) is 36.7 Å². The van der Waals surface area contributed by atoms with E-state index in [1.165, 1.54) is 22.6 Å². The Hall–Kier alpha value is -2.72. The zero-order valence-electron chi connectivity index (χ0n) is 19.2. The first-order valence-electron chi connectivity index (χ1n) is 10.9. The van der Waals surface area contributed by atoms with Crippen molar-refractivity contribution < 1.29 is 22.8 Å². The first kappa shape index (κ1) is 24.4. The number of pyridine rings is 1. The van der Waals surface area contributed by atoms with Crippen LogP contribution in [0.3, 0.4) is 0 Å². The molecule has 1 aliphatic rings. The number of morpholine rings is 1. The van der Waals surface area contributed by atoms with E-state index in [-0.39, 0.29) is 29.6 Å². The smallest absolute Gasteiger partial charge is 0.363 e. The van der Waals surface area contributed by atoms with Gasteiger partial charge >= 0.3 is 5.97 Å². The Balaban J connectivity index is 1.78. The van der Waals surface area contributed by atoms with Crippen LogP contribution in [0.15, 0.2) is 53.6 Å². The highest BCUT2D eigenvalue weighted by atomic mass is 35.5. The summed E-state index contributed by atoms with van der Waals surface area (Å²) in [5, 5.41) is 2.03. The summed E-state index contributed by atoms with van der Waals surface area (Å²) in [6.07, 6.45) is 1.29. The fourth-order valence-corrected chi connectivity index (χ4v) is 5.57. The molecule has 3 aromatic rings. The second-order valence-corrected chi connectivity index (χ2v) is 10.6. The third-order valence-corrected chi connectivity index (χ3v) is 7.81. The Morgan fingerprint density at radius 3 is 2.62 bits per heavy atom. The number of halogens is 1. The molecular formula is C24H26ClN3O5S. The Morgan fingerprint density at radius 2 is 1.91 bits per heavy atom. The third-order valence-electron chi connectivity index (χ3n) is 5.68. The Bertz CT molecular complexity index is 1320. The predicted molar refractivity (Wildman–Crippen MR) is 131 cm³/mol. The second-order valence-electron chi connectivity index (χ2n) is 8.31. The van der Waals surface area contributed by atoms with E-state index >= 15 is 0 Å². The van der Waals surface area contributed by atoms with Crippen molar-refractivity contribution in [2.75, 3.05) is 38.4 Å². The van der Waals surface area contributed by atoms with Crippen molar-refractivity contribution in [1.82, 2.24) is 9.29 Å². The van der Waals surface area contributed by atoms with E-state index < -0.39 is 16.0 Å². The van der Waals surface area contributed by atoms with Gasteiger partial charge in [0.2, 0.25) is 10.0 Å². The number of benzene rings is 2. The lowest BCUT2D eigenvalue weighted by molar-refractivity contribution is 0.0476. The SMILES string of the molecule is CC(C)c1cccc(C(=O)ON(C)c2c(S(=O)(=O)N3CCOCC3)cnc3ccc(Cl)cc23)c1. The molecule has 1 aromatic heterocycles. The minimum Gasteiger partial charge on any atom is -0.379 e. The standard InChI is InChI=1S/C24H26ClN3O5S/c1-16(2)17-5-4-6-18(13-17)24(29)33-27(3)23-20-14-19(25)7-8-21(20)26-15-22(23)34(30,31)28-9-11-32-12-10-28/h4-8,13-16H,9-12H2,1-3H3. The van der Waals surface area contributed by atoms with Gasteiger partial charge < -0.3 is 9.57 Å². The van der Waals surface area contributed by atoms with Crippen LogP contribution >= 0.6 is 11.6 Å². The number of nitrogens with zero attached hydrogens (tertiary/aromatic N) is 3. The summed E-state index contributed by atoms with van der Waals surface area (Å²) in [6, 6.07) is 12.1. The largest absolute Gasteiger partial charge is 0.379 e. The maximum atomic E-state index is 13.5. The van der Waals surface area contributed by atoms with Crippen LogP contribution in [0.25, 0.3) is 10.9 Å². The number of aromatic nitrogens is 1. The molecule has 0 bridgehead atoms. The molecule has 1 saturated heterocycles. The fourth-order valence-electron chi connectivity index (χ4n) is 3.82. The number of hydrogen-bond acceptors (Lipinski definition) is 7. The average molecular weight is 504 g/mol. The number of fused-ring (bicyclic) bond motifs is 1. The highest BCUT2D eigenvalue weighted by Crippen LogP contribution is 2.35. The van der Waals surface area contributed by atoms with Crippen LogP contribution in [0, 0.1) is 0 Å². The van der Waals surface area contributed by atoms with E-state index in [2.05, 4.69) is 4.98 Å². The number of hydrogen-bond donors (Lipinski definition) is 0. The van der Waals surface area contributed by atoms with Crippen molar-refractivity contribution in [2.24, 2.45) is 0 Å². The first-order chi connectivity index (χ1) is 16.2. The van der Waals surface area contributed by atoms with E-state index in [9.17, 15) is 13.2 Å². The molecule has 1 fully saturated rings. The summed E-state index contributed by atoms with van der Waals surface area (Å²) in [7, 11) is -2.45. The highest BCUT2D eigenvalue weighted by molar-refractivity contribution is 7.89. The van der Waals surface area contributed by atoms with Crippen molar-refractivity contribution in [3.05, 3.63) is 64.8 Å². The number of ether oxygens (including phenoxy) is 1. The van der Waals surface area contributed by atoms with Gasteiger partial charge in [0.25, 0.3) is 0 Å². The van der Waals surface area contributed by atoms with Gasteiger partial charge in [-0.3, -0.25) is 4.98 Å². The summed E-state index contributed by atoms with van der Waals surface area (Å²) in [5.41, 5.74) is 2.07. The number of rotatable bonds is 6. The normalized spacial score (nSPS) is 15.0. The molecule has 0 amide bonds. The van der Waals surface area contributed by atoms with E-state index in [1.807, 2.05) is 19.9 Å². The number of hydroxylamine groups is 1. The van der Waals surface area contributed by atoms with Gasteiger partial charge in [0.1, 0.15) is 10.6 Å². The molecule has 8 nitrogen and oxygen atoms in total. The summed E-state index contributed by atoms with van der Waals surface area (Å²) in [4.78, 5) is 22.9. The molecule has 34 heavy (non-hydrogen) atoms. The van der Waals surface area contributed by atoms with E-state index in [4.69, 9.17) is 21.2 Å². The molecule has 2 aromatic carbocycles. The number of anilines is 1. The quantitative estimate of drug-likeness (QED) is 0.465. The van der Waals surface area contributed by atoms with Crippen molar-refractivity contribution >= 4 is 44.2 Å². The number of carbonyl (C=O) groups excluding carboxylic acids is 1. The Morgan fingerprint density at radius 1 is 1.18 bits per heavy atom. The highest BCUT2D eigenvalue weighted by Gasteiger charge is 2.32. The monoisotopic (exact) mass is 503 g/mol. The molecule has 180 valence electrons. The van der Waals surface area contributed by atoms with Crippen molar-refractivity contribution in [3.8, 4) is 0 Å². The summed E-state index contributed by atoms with van der Waals surface area (Å²) in [5.74, 6) is -0.367. The van der Waals surface area contributed by atoms with Crippen LogP contribution in [0.2, 0.25) is 5.02 Å². The Kier molecular flexibility index (Phi) is 7.09. The van der Waals surface area contributed by atoms with Gasteiger partial charge in [0.15, 0.2) is 0 Å². The van der Waals surface area contributed by atoms with Crippen LogP contribution in [0.1, 0.15) is 35.7 Å². The summed E-state index contributed by atoms with van der Waals surface area (Å²) in [6.45, 7) is 5.12. The van der Waals surface area contributed by atoms with Crippen LogP contribution < -0.4 is 5.06 Å². The van der Waals surface area contributed by atoms with Crippen molar-refractivity contribution in [1.29, 1.82) is 0 Å². The number of sulfonamides is 1. The lowest BCUT2D eigenvalue weighted by atomic mass is 10.0. The molecule has 2 heterocycles. The zero-order valence-corrected chi connectivity index (χ0v) is 20.8. The van der Waals surface area contributed by atoms with Crippen LogP contribution in [-0.2, 0) is 19.6 Å². The van der Waals surface area contributed by atoms with Gasteiger partial charge in [0.05, 0.1) is 24.3 Å². The molecule has 0 N–H and O–H groups in total. The zero-order chi connectivity index (χ0) is 24.5. The maximum absolute atomic E-state index is 13.5. The molecule has 1 aliphatic heterocycles. The third kappa shape index (κ3) is 4.88. The molecule has 10 heteroatoms. The number of carbonyl (C=O) groups is 1. The topological polar surface area (TPSA) is 89.0 Å². The van der Waals surface area contributed by atoms with E-state index in [0.29, 0.717) is 34.7 Å². The van der Waals surface area contributed by atoms with Crippen LogP contribution in [0.5, 0.6) is 0 Å². The van der Waals surface area contributed by atoms with Crippen LogP contribution in [-0.4, -0.2) is 57.0 Å². The van der Waals surface area contributed by atoms with Gasteiger partial charge in [-0.15, -0.1) is 0 Å². The molecule has 0 aliphatic carbocycles. The lowest BCUT2D eigenvalue weighted by Crippen LogP contribution is -2.41. The predicted octanol–water partition coefficient (Wildman–Crippen LogP) is 4.24. The average Bonchev–Trinajstić information content (AvgIpc) is 2.83. The molecule has 0 saturated carbocycles. The Labute approximate surface area is 204 Å². The summed E-state index contributed by atoms with van der Waals surface area (Å²) < 4.78 is 33.7. The molecule has 4 rings (SSSR count). The second kappa shape index (κ2) is 9.87. The van der Waals surface area contributed by atoms with Gasteiger partial charge in [-0.2, -0.15) is 4.31 Å². The molecule has 0 atom stereocenters. The molecule has 0 radical (unpaired) electrons. The van der Waals surface area contributed by atoms with E-state index in [0.717, 1.165) is 5.56 Å². The molecule has 0 unspecified atom stereocenters. The van der Waals surface area contributed by atoms with Gasteiger partial charge in [-0.1, -0.05) is 37.6 Å². The molecular weight excluding hydrogens is 478 g/mol. The minimum atomic E-state index is -3.95. The fraction of sp³-hybridized carbons (Fsp3) is 0.333. The maximum Gasteiger partial charge on any atom is 0.363 e. The van der Waals surface area contributed by atoms with E-state index in [1.54, 1.807) is 36.4 Å². The van der Waals surface area contributed by atoms with Gasteiger partial charge in [-0.05, 0) is 41.8 Å².